The Morgan fingerprint density at radius 1 is 1.46 bits per heavy atom. The van der Waals surface area contributed by atoms with E-state index < -0.39 is 12.1 Å². The highest BCUT2D eigenvalue weighted by molar-refractivity contribution is 5.93. The summed E-state index contributed by atoms with van der Waals surface area (Å²) in [6.45, 7) is 2.57. The molecule has 0 bridgehead atoms. The van der Waals surface area contributed by atoms with Gasteiger partial charge in [-0.15, -0.1) is 0 Å². The molecule has 0 spiro atoms. The fourth-order valence-electron chi connectivity index (χ4n) is 4.12. The molecule has 1 aliphatic carbocycles. The van der Waals surface area contributed by atoms with E-state index in [2.05, 4.69) is 17.6 Å². The predicted molar refractivity (Wildman–Crippen MR) is 88.9 cm³/mol. The maximum atomic E-state index is 11.3. The van der Waals surface area contributed by atoms with Crippen molar-refractivity contribution in [2.75, 3.05) is 6.61 Å². The number of nitrogens with zero attached hydrogens (tertiary/aromatic N) is 2. The summed E-state index contributed by atoms with van der Waals surface area (Å²) >= 11 is 0. The number of carbonyl (C=O) groups is 1. The monoisotopic (exact) mass is 324 g/mol. The molecule has 4 rings (SSSR count). The van der Waals surface area contributed by atoms with Gasteiger partial charge in [-0.1, -0.05) is 6.07 Å². The van der Waals surface area contributed by atoms with Gasteiger partial charge in [-0.3, -0.25) is 4.79 Å². The Morgan fingerprint density at radius 2 is 2.25 bits per heavy atom. The summed E-state index contributed by atoms with van der Waals surface area (Å²) in [7, 11) is 0. The number of aromatic nitrogens is 1. The van der Waals surface area contributed by atoms with Gasteiger partial charge in [-0.2, -0.15) is 5.26 Å². The van der Waals surface area contributed by atoms with E-state index in [0.29, 0.717) is 18.2 Å². The SMILES string of the molecule is Cc1ccc(C#N)c2c3c(n(C4CCC4)c12)[C@H](CC(=O)O)OCC3. The van der Waals surface area contributed by atoms with Crippen LogP contribution in [0.2, 0.25) is 0 Å². The molecule has 2 aliphatic rings. The van der Waals surface area contributed by atoms with Crippen LogP contribution in [0, 0.1) is 18.3 Å². The van der Waals surface area contributed by atoms with Gasteiger partial charge in [0.2, 0.25) is 0 Å². The number of aliphatic carboxylic acids is 1. The second kappa shape index (κ2) is 5.64. The topological polar surface area (TPSA) is 75.2 Å². The van der Waals surface area contributed by atoms with Crippen molar-refractivity contribution in [3.05, 3.63) is 34.5 Å². The Labute approximate surface area is 140 Å². The number of nitriles is 1. The van der Waals surface area contributed by atoms with E-state index in [9.17, 15) is 15.2 Å². The van der Waals surface area contributed by atoms with Crippen LogP contribution in [-0.4, -0.2) is 22.2 Å². The molecule has 0 unspecified atom stereocenters. The van der Waals surface area contributed by atoms with Crippen LogP contribution in [0.5, 0.6) is 0 Å². The summed E-state index contributed by atoms with van der Waals surface area (Å²) in [5.74, 6) is -0.851. The summed E-state index contributed by atoms with van der Waals surface area (Å²) in [4.78, 5) is 11.3. The Bertz CT molecular complexity index is 871. The first-order chi connectivity index (χ1) is 11.6. The number of hydrogen-bond donors (Lipinski definition) is 1. The van der Waals surface area contributed by atoms with E-state index in [1.807, 2.05) is 12.1 Å². The molecule has 1 fully saturated rings. The van der Waals surface area contributed by atoms with Crippen molar-refractivity contribution in [3.63, 3.8) is 0 Å². The lowest BCUT2D eigenvalue weighted by Gasteiger charge is -2.33. The zero-order chi connectivity index (χ0) is 16.8. The Balaban J connectivity index is 2.05. The first kappa shape index (κ1) is 15.2. The molecule has 1 atom stereocenters. The zero-order valence-electron chi connectivity index (χ0n) is 13.7. The molecule has 0 amide bonds. The molecule has 1 saturated carbocycles. The van der Waals surface area contributed by atoms with Crippen LogP contribution in [0.15, 0.2) is 12.1 Å². The molecule has 1 N–H and O–H groups in total. The largest absolute Gasteiger partial charge is 0.481 e. The van der Waals surface area contributed by atoms with Crippen LogP contribution in [-0.2, 0) is 16.0 Å². The van der Waals surface area contributed by atoms with Gasteiger partial charge in [-0.25, -0.2) is 0 Å². The van der Waals surface area contributed by atoms with Crippen LogP contribution >= 0.6 is 0 Å². The van der Waals surface area contributed by atoms with E-state index in [1.165, 1.54) is 6.42 Å². The third-order valence-corrected chi connectivity index (χ3v) is 5.39. The number of ether oxygens (including phenoxy) is 1. The molecule has 2 heterocycles. The van der Waals surface area contributed by atoms with Gasteiger partial charge in [0.15, 0.2) is 0 Å². The van der Waals surface area contributed by atoms with E-state index in [-0.39, 0.29) is 6.42 Å². The standard InChI is InChI=1S/C19H20N2O3/c1-11-5-6-12(10-20)17-14-7-8-24-15(9-16(22)23)19(14)21(18(11)17)13-3-2-4-13/h5-6,13,15H,2-4,7-9H2,1H3,(H,22,23)/t15-/m0/s1. The van der Waals surface area contributed by atoms with Crippen LogP contribution in [0.4, 0.5) is 0 Å². The van der Waals surface area contributed by atoms with Gasteiger partial charge in [0, 0.05) is 11.4 Å². The first-order valence-electron chi connectivity index (χ1n) is 8.51. The molecule has 1 aromatic carbocycles. The van der Waals surface area contributed by atoms with Gasteiger partial charge in [0.25, 0.3) is 0 Å². The number of carboxylic acid groups (broad SMARTS) is 1. The molecule has 2 aromatic rings. The maximum Gasteiger partial charge on any atom is 0.306 e. The van der Waals surface area contributed by atoms with Crippen LogP contribution in [0.1, 0.15) is 60.2 Å². The summed E-state index contributed by atoms with van der Waals surface area (Å²) < 4.78 is 8.14. The van der Waals surface area contributed by atoms with Gasteiger partial charge >= 0.3 is 5.97 Å². The van der Waals surface area contributed by atoms with Crippen molar-refractivity contribution in [2.24, 2.45) is 0 Å². The number of benzene rings is 1. The Morgan fingerprint density at radius 3 is 2.88 bits per heavy atom. The summed E-state index contributed by atoms with van der Waals surface area (Å²) in [6, 6.07) is 6.59. The minimum Gasteiger partial charge on any atom is -0.481 e. The van der Waals surface area contributed by atoms with Crippen molar-refractivity contribution in [1.29, 1.82) is 5.26 Å². The zero-order valence-corrected chi connectivity index (χ0v) is 13.7. The molecule has 24 heavy (non-hydrogen) atoms. The minimum absolute atomic E-state index is 0.0308. The quantitative estimate of drug-likeness (QED) is 0.935. The van der Waals surface area contributed by atoms with Crippen LogP contribution in [0.25, 0.3) is 10.9 Å². The highest BCUT2D eigenvalue weighted by Gasteiger charge is 2.35. The van der Waals surface area contributed by atoms with Gasteiger partial charge in [-0.05, 0) is 49.8 Å². The van der Waals surface area contributed by atoms with E-state index in [1.54, 1.807) is 0 Å². The number of aryl methyl sites for hydroxylation is 1. The molecule has 5 heteroatoms. The summed E-state index contributed by atoms with van der Waals surface area (Å²) in [5, 5.41) is 19.9. The summed E-state index contributed by atoms with van der Waals surface area (Å²) in [5.41, 5.74) is 5.04. The lowest BCUT2D eigenvalue weighted by Crippen LogP contribution is -2.26. The molecular weight excluding hydrogens is 304 g/mol. The maximum absolute atomic E-state index is 11.3. The Hall–Kier alpha value is -2.32. The molecule has 0 radical (unpaired) electrons. The molecule has 0 saturated heterocycles. The smallest absolute Gasteiger partial charge is 0.306 e. The number of carboxylic acids is 1. The molecule has 1 aliphatic heterocycles. The molecule has 124 valence electrons. The molecule has 1 aromatic heterocycles. The third-order valence-electron chi connectivity index (χ3n) is 5.39. The summed E-state index contributed by atoms with van der Waals surface area (Å²) in [6.07, 6.45) is 3.68. The average molecular weight is 324 g/mol. The van der Waals surface area contributed by atoms with Crippen molar-refractivity contribution in [3.8, 4) is 6.07 Å². The number of hydrogen-bond acceptors (Lipinski definition) is 3. The third kappa shape index (κ3) is 2.14. The van der Waals surface area contributed by atoms with E-state index in [0.717, 1.165) is 47.0 Å². The number of fused-ring (bicyclic) bond motifs is 3. The van der Waals surface area contributed by atoms with Gasteiger partial charge < -0.3 is 14.4 Å². The lowest BCUT2D eigenvalue weighted by molar-refractivity contribution is -0.140. The fraction of sp³-hybridized carbons (Fsp3) is 0.474. The molecular formula is C19H20N2O3. The van der Waals surface area contributed by atoms with E-state index >= 15 is 0 Å². The average Bonchev–Trinajstić information content (AvgIpc) is 2.83. The first-order valence-corrected chi connectivity index (χ1v) is 8.51. The second-order valence-electron chi connectivity index (χ2n) is 6.79. The van der Waals surface area contributed by atoms with Crippen molar-refractivity contribution in [1.82, 2.24) is 4.57 Å². The van der Waals surface area contributed by atoms with Crippen molar-refractivity contribution in [2.45, 2.75) is 51.2 Å². The lowest BCUT2D eigenvalue weighted by atomic mass is 9.91. The van der Waals surface area contributed by atoms with Gasteiger partial charge in [0.1, 0.15) is 6.10 Å². The predicted octanol–water partition coefficient (Wildman–Crippen LogP) is 3.63. The van der Waals surface area contributed by atoms with E-state index in [4.69, 9.17) is 4.74 Å². The van der Waals surface area contributed by atoms with Crippen LogP contribution < -0.4 is 0 Å². The van der Waals surface area contributed by atoms with Crippen LogP contribution in [0.3, 0.4) is 0 Å². The molecule has 5 nitrogen and oxygen atoms in total. The normalized spacial score (nSPS) is 20.4. The van der Waals surface area contributed by atoms with Crippen molar-refractivity contribution >= 4 is 16.9 Å². The minimum atomic E-state index is -0.851. The number of rotatable bonds is 3. The Kier molecular flexibility index (Phi) is 3.58. The van der Waals surface area contributed by atoms with Crippen molar-refractivity contribution < 1.29 is 14.6 Å². The fourth-order valence-corrected chi connectivity index (χ4v) is 4.12. The van der Waals surface area contributed by atoms with Gasteiger partial charge in [0.05, 0.1) is 35.9 Å². The second-order valence-corrected chi connectivity index (χ2v) is 6.79. The highest BCUT2D eigenvalue weighted by atomic mass is 16.5. The highest BCUT2D eigenvalue weighted by Crippen LogP contribution is 2.45.